The first kappa shape index (κ1) is 26.8. The number of nitrogens with one attached hydrogen (secondary N) is 2. The van der Waals surface area contributed by atoms with Gasteiger partial charge in [-0.2, -0.15) is 10.2 Å². The van der Waals surface area contributed by atoms with Crippen LogP contribution in [0.1, 0.15) is 17.3 Å². The van der Waals surface area contributed by atoms with Crippen LogP contribution < -0.4 is 20.3 Å². The number of carbonyl (C=O) groups is 1. The molecule has 0 bridgehead atoms. The third-order valence-corrected chi connectivity index (χ3v) is 7.13. The standard InChI is InChI=1S/C32H22F2N6O4/c1-2-43-28-10-8-24(32(42)40(28)22-6-3-20(33)4-7-22)31(41)38-21-5-9-26(25(34)14-21)44-27-13-18-17-37-39-12-11-23(30(18)39)29(27)19-15-35-36-16-19/h3-17H,2H2,1H3,(H,35,36)(H,38,41). The average molecular weight is 593 g/mol. The number of nitrogens with zero attached hydrogens (tertiary/aromatic N) is 4. The number of pyridine rings is 1. The Labute approximate surface area is 247 Å². The van der Waals surface area contributed by atoms with Gasteiger partial charge in [-0.3, -0.25) is 14.7 Å². The smallest absolute Gasteiger partial charge is 0.270 e. The van der Waals surface area contributed by atoms with Gasteiger partial charge in [-0.05, 0) is 67.6 Å². The molecule has 218 valence electrons. The monoisotopic (exact) mass is 592 g/mol. The lowest BCUT2D eigenvalue weighted by atomic mass is 10.0. The zero-order valence-corrected chi connectivity index (χ0v) is 23.0. The van der Waals surface area contributed by atoms with Crippen LogP contribution in [0.15, 0.2) is 96.3 Å². The first-order chi connectivity index (χ1) is 21.4. The van der Waals surface area contributed by atoms with Crippen molar-refractivity contribution in [3.8, 4) is 34.2 Å². The summed E-state index contributed by atoms with van der Waals surface area (Å²) in [7, 11) is 0. The molecule has 3 aromatic carbocycles. The van der Waals surface area contributed by atoms with Crippen LogP contribution in [0.4, 0.5) is 14.5 Å². The van der Waals surface area contributed by atoms with Crippen molar-refractivity contribution in [1.82, 2.24) is 24.4 Å². The SMILES string of the molecule is CCOc1ccc(C(=O)Nc2ccc(Oc3cc4cnn5ccc(c3-c3cn[nH]c3)c45)c(F)c2)c(=O)n1-c1ccc(F)cc1. The molecule has 0 aliphatic rings. The van der Waals surface area contributed by atoms with Crippen molar-refractivity contribution < 1.29 is 23.0 Å². The molecule has 0 fully saturated rings. The molecular weight excluding hydrogens is 570 g/mol. The lowest BCUT2D eigenvalue weighted by Crippen LogP contribution is -2.29. The minimum Gasteiger partial charge on any atom is -0.479 e. The van der Waals surface area contributed by atoms with E-state index in [-0.39, 0.29) is 29.5 Å². The summed E-state index contributed by atoms with van der Waals surface area (Å²) in [6, 6.07) is 15.7. The molecule has 12 heteroatoms. The molecule has 0 radical (unpaired) electrons. The van der Waals surface area contributed by atoms with E-state index < -0.39 is 23.1 Å². The van der Waals surface area contributed by atoms with Crippen LogP contribution in [0.3, 0.4) is 0 Å². The predicted molar refractivity (Wildman–Crippen MR) is 159 cm³/mol. The Kier molecular flexibility index (Phi) is 6.50. The van der Waals surface area contributed by atoms with Gasteiger partial charge in [-0.15, -0.1) is 0 Å². The summed E-state index contributed by atoms with van der Waals surface area (Å²) < 4.78 is 43.5. The normalized spacial score (nSPS) is 11.3. The van der Waals surface area contributed by atoms with Gasteiger partial charge in [-0.25, -0.2) is 17.9 Å². The number of benzene rings is 3. The molecule has 7 aromatic rings. The summed E-state index contributed by atoms with van der Waals surface area (Å²) in [5, 5.41) is 15.4. The van der Waals surface area contributed by atoms with Gasteiger partial charge < -0.3 is 14.8 Å². The maximum absolute atomic E-state index is 15.4. The molecular formula is C32H22F2N6O4. The van der Waals surface area contributed by atoms with Gasteiger partial charge in [0.05, 0.1) is 30.2 Å². The number of ether oxygens (including phenoxy) is 2. The number of anilines is 1. The van der Waals surface area contributed by atoms with Crippen molar-refractivity contribution in [1.29, 1.82) is 0 Å². The summed E-state index contributed by atoms with van der Waals surface area (Å²) in [4.78, 5) is 26.6. The number of aromatic amines is 1. The van der Waals surface area contributed by atoms with E-state index in [1.54, 1.807) is 36.1 Å². The number of aromatic nitrogens is 5. The lowest BCUT2D eigenvalue weighted by molar-refractivity contribution is 0.102. The summed E-state index contributed by atoms with van der Waals surface area (Å²) in [6.45, 7) is 2.01. The van der Waals surface area contributed by atoms with Crippen molar-refractivity contribution in [3.63, 3.8) is 0 Å². The molecule has 0 aliphatic carbocycles. The fourth-order valence-corrected chi connectivity index (χ4v) is 5.18. The molecule has 2 N–H and O–H groups in total. The number of halogens is 2. The maximum atomic E-state index is 15.4. The highest BCUT2D eigenvalue weighted by Gasteiger charge is 2.21. The Hall–Kier alpha value is -6.04. The quantitative estimate of drug-likeness (QED) is 0.218. The highest BCUT2D eigenvalue weighted by Crippen LogP contribution is 2.42. The predicted octanol–water partition coefficient (Wildman–Crippen LogP) is 6.19. The van der Waals surface area contributed by atoms with Crippen LogP contribution in [0, 0.1) is 11.6 Å². The fourth-order valence-electron chi connectivity index (χ4n) is 5.18. The molecule has 7 rings (SSSR count). The topological polar surface area (TPSA) is 116 Å². The molecule has 0 aliphatic heterocycles. The summed E-state index contributed by atoms with van der Waals surface area (Å²) in [5.41, 5.74) is 1.89. The van der Waals surface area contributed by atoms with E-state index in [1.807, 2.05) is 12.3 Å². The number of H-pyrrole nitrogens is 1. The lowest BCUT2D eigenvalue weighted by Gasteiger charge is -2.15. The van der Waals surface area contributed by atoms with Crippen molar-refractivity contribution >= 4 is 27.9 Å². The van der Waals surface area contributed by atoms with Crippen molar-refractivity contribution in [2.45, 2.75) is 6.92 Å². The zero-order chi connectivity index (χ0) is 30.4. The first-order valence-corrected chi connectivity index (χ1v) is 13.6. The highest BCUT2D eigenvalue weighted by atomic mass is 19.1. The largest absolute Gasteiger partial charge is 0.479 e. The van der Waals surface area contributed by atoms with E-state index in [4.69, 9.17) is 9.47 Å². The molecule has 4 aromatic heterocycles. The fraction of sp³-hybridized carbons (Fsp3) is 0.0625. The van der Waals surface area contributed by atoms with Crippen molar-refractivity contribution in [2.75, 3.05) is 11.9 Å². The van der Waals surface area contributed by atoms with E-state index in [2.05, 4.69) is 20.6 Å². The van der Waals surface area contributed by atoms with Crippen molar-refractivity contribution in [2.24, 2.45) is 0 Å². The van der Waals surface area contributed by atoms with Gasteiger partial charge in [0.1, 0.15) is 17.1 Å². The third-order valence-electron chi connectivity index (χ3n) is 7.13. The van der Waals surface area contributed by atoms with E-state index in [0.717, 1.165) is 27.9 Å². The van der Waals surface area contributed by atoms with Gasteiger partial charge in [0.25, 0.3) is 11.5 Å². The number of carbonyl (C=O) groups excluding carboxylic acids is 1. The Morgan fingerprint density at radius 2 is 1.84 bits per heavy atom. The molecule has 0 atom stereocenters. The zero-order valence-electron chi connectivity index (χ0n) is 23.0. The van der Waals surface area contributed by atoms with Crippen LogP contribution in [0.2, 0.25) is 0 Å². The molecule has 0 saturated carbocycles. The van der Waals surface area contributed by atoms with E-state index >= 15 is 4.39 Å². The molecule has 44 heavy (non-hydrogen) atoms. The second-order valence-electron chi connectivity index (χ2n) is 9.83. The number of amides is 1. The van der Waals surface area contributed by atoms with Gasteiger partial charge in [0, 0.05) is 46.0 Å². The van der Waals surface area contributed by atoms with Crippen LogP contribution in [-0.4, -0.2) is 36.9 Å². The van der Waals surface area contributed by atoms with Crippen LogP contribution in [0.5, 0.6) is 17.4 Å². The van der Waals surface area contributed by atoms with E-state index in [0.29, 0.717) is 17.0 Å². The van der Waals surface area contributed by atoms with Crippen LogP contribution in [0.25, 0.3) is 33.1 Å². The van der Waals surface area contributed by atoms with Crippen LogP contribution >= 0.6 is 0 Å². The van der Waals surface area contributed by atoms with Gasteiger partial charge >= 0.3 is 0 Å². The van der Waals surface area contributed by atoms with Crippen LogP contribution in [-0.2, 0) is 0 Å². The summed E-state index contributed by atoms with van der Waals surface area (Å²) in [6.07, 6.45) is 6.91. The minimum absolute atomic E-state index is 0.0756. The summed E-state index contributed by atoms with van der Waals surface area (Å²) >= 11 is 0. The minimum atomic E-state index is -0.762. The maximum Gasteiger partial charge on any atom is 0.270 e. The number of hydrogen-bond donors (Lipinski definition) is 2. The summed E-state index contributed by atoms with van der Waals surface area (Å²) in [5.74, 6) is -1.48. The Morgan fingerprint density at radius 1 is 1.00 bits per heavy atom. The second kappa shape index (κ2) is 10.7. The van der Waals surface area contributed by atoms with E-state index in [9.17, 15) is 14.0 Å². The Morgan fingerprint density at radius 3 is 2.59 bits per heavy atom. The molecule has 4 heterocycles. The average Bonchev–Trinajstić information content (AvgIpc) is 3.78. The van der Waals surface area contributed by atoms with Gasteiger partial charge in [0.15, 0.2) is 11.6 Å². The third kappa shape index (κ3) is 4.58. The Bertz CT molecular complexity index is 2210. The first-order valence-electron chi connectivity index (χ1n) is 13.6. The molecule has 10 nitrogen and oxygen atoms in total. The Balaban J connectivity index is 1.19. The molecule has 1 amide bonds. The molecule has 0 saturated heterocycles. The molecule has 0 spiro atoms. The number of rotatable bonds is 8. The van der Waals surface area contributed by atoms with E-state index in [1.165, 1.54) is 53.1 Å². The molecule has 0 unspecified atom stereocenters. The van der Waals surface area contributed by atoms with Crippen molar-refractivity contribution in [3.05, 3.63) is 119 Å². The van der Waals surface area contributed by atoms with Gasteiger partial charge in [-0.1, -0.05) is 0 Å². The number of hydrogen-bond acceptors (Lipinski definition) is 6. The second-order valence-corrected chi connectivity index (χ2v) is 9.83. The highest BCUT2D eigenvalue weighted by molar-refractivity contribution is 6.07. The van der Waals surface area contributed by atoms with Gasteiger partial charge in [0.2, 0.25) is 5.88 Å².